The minimum Gasteiger partial charge on any atom is -0.381 e. The lowest BCUT2D eigenvalue weighted by Gasteiger charge is -2.10. The molecule has 3 heteroatoms. The summed E-state index contributed by atoms with van der Waals surface area (Å²) in [5.74, 6) is 0. The topological polar surface area (TPSA) is 21.3 Å². The second-order valence-electron chi connectivity index (χ2n) is 4.56. The van der Waals surface area contributed by atoms with E-state index in [-0.39, 0.29) is 0 Å². The monoisotopic (exact) mass is 275 g/mol. The maximum Gasteiger partial charge on any atom is 0.0713 e. The van der Waals surface area contributed by atoms with E-state index in [2.05, 4.69) is 36.5 Å². The van der Waals surface area contributed by atoms with Gasteiger partial charge in [-0.15, -0.1) is 0 Å². The fraction of sp³-hybridized carbons (Fsp3) is 0.250. The number of methoxy groups -OCH3 is 1. The Hall–Kier alpha value is -1.51. The molecule has 0 heterocycles. The van der Waals surface area contributed by atoms with Gasteiger partial charge in [-0.25, -0.2) is 0 Å². The van der Waals surface area contributed by atoms with Gasteiger partial charge in [-0.3, -0.25) is 0 Å². The Morgan fingerprint density at radius 2 is 1.74 bits per heavy atom. The van der Waals surface area contributed by atoms with E-state index in [9.17, 15) is 0 Å². The molecule has 0 spiro atoms. The molecule has 0 aliphatic carbocycles. The van der Waals surface area contributed by atoms with Gasteiger partial charge in [0.25, 0.3) is 0 Å². The first kappa shape index (κ1) is 13.9. The molecule has 1 N–H and O–H groups in total. The molecule has 0 atom stereocenters. The predicted octanol–water partition coefficient (Wildman–Crippen LogP) is 4.41. The van der Waals surface area contributed by atoms with Gasteiger partial charge in [0.2, 0.25) is 0 Å². The first-order valence-corrected chi connectivity index (χ1v) is 6.63. The zero-order chi connectivity index (χ0) is 13.7. The molecule has 0 fully saturated rings. The SMILES string of the molecule is COCc1ccc(CNc2ccc(Cl)cc2C)cc1. The van der Waals surface area contributed by atoms with Gasteiger partial charge in [-0.2, -0.15) is 0 Å². The van der Waals surface area contributed by atoms with Crippen LogP contribution in [0.3, 0.4) is 0 Å². The molecule has 0 bridgehead atoms. The van der Waals surface area contributed by atoms with Crippen molar-refractivity contribution < 1.29 is 4.74 Å². The third-order valence-corrected chi connectivity index (χ3v) is 3.24. The molecule has 2 rings (SSSR count). The number of hydrogen-bond donors (Lipinski definition) is 1. The summed E-state index contributed by atoms with van der Waals surface area (Å²) in [4.78, 5) is 0. The summed E-state index contributed by atoms with van der Waals surface area (Å²) in [5, 5.41) is 4.19. The Kier molecular flexibility index (Phi) is 4.83. The Morgan fingerprint density at radius 3 is 2.37 bits per heavy atom. The van der Waals surface area contributed by atoms with Crippen molar-refractivity contribution in [2.45, 2.75) is 20.1 Å². The fourth-order valence-corrected chi connectivity index (χ4v) is 2.17. The van der Waals surface area contributed by atoms with Gasteiger partial charge in [0.05, 0.1) is 6.61 Å². The van der Waals surface area contributed by atoms with Crippen molar-refractivity contribution in [3.8, 4) is 0 Å². The Bertz CT molecular complexity index is 537. The maximum absolute atomic E-state index is 5.94. The highest BCUT2D eigenvalue weighted by Crippen LogP contribution is 2.20. The standard InChI is InChI=1S/C16H18ClNO/c1-12-9-15(17)7-8-16(12)18-10-13-3-5-14(6-4-13)11-19-2/h3-9,18H,10-11H2,1-2H3. The number of anilines is 1. The van der Waals surface area contributed by atoms with E-state index in [1.807, 2.05) is 18.2 Å². The lowest BCUT2D eigenvalue weighted by Crippen LogP contribution is -2.01. The number of rotatable bonds is 5. The number of halogens is 1. The van der Waals surface area contributed by atoms with Crippen molar-refractivity contribution in [3.05, 3.63) is 64.2 Å². The van der Waals surface area contributed by atoms with Crippen molar-refractivity contribution >= 4 is 17.3 Å². The Balaban J connectivity index is 1.98. The van der Waals surface area contributed by atoms with E-state index >= 15 is 0 Å². The molecule has 0 aromatic heterocycles. The molecular weight excluding hydrogens is 258 g/mol. The van der Waals surface area contributed by atoms with Gasteiger partial charge in [-0.1, -0.05) is 35.9 Å². The average Bonchev–Trinajstić information content (AvgIpc) is 2.40. The summed E-state index contributed by atoms with van der Waals surface area (Å²) in [6.45, 7) is 3.51. The summed E-state index contributed by atoms with van der Waals surface area (Å²) < 4.78 is 5.10. The van der Waals surface area contributed by atoms with E-state index < -0.39 is 0 Å². The summed E-state index contributed by atoms with van der Waals surface area (Å²) in [6.07, 6.45) is 0. The van der Waals surface area contributed by atoms with Crippen LogP contribution in [0.15, 0.2) is 42.5 Å². The Labute approximate surface area is 119 Å². The van der Waals surface area contributed by atoms with E-state index in [4.69, 9.17) is 16.3 Å². The van der Waals surface area contributed by atoms with Crippen LogP contribution in [0.1, 0.15) is 16.7 Å². The van der Waals surface area contributed by atoms with Crippen molar-refractivity contribution in [1.29, 1.82) is 0 Å². The number of hydrogen-bond acceptors (Lipinski definition) is 2. The van der Waals surface area contributed by atoms with Crippen LogP contribution >= 0.6 is 11.6 Å². The summed E-state index contributed by atoms with van der Waals surface area (Å²) in [6, 6.07) is 14.3. The van der Waals surface area contributed by atoms with Gasteiger partial charge in [0.1, 0.15) is 0 Å². The van der Waals surface area contributed by atoms with E-state index in [0.29, 0.717) is 6.61 Å². The van der Waals surface area contributed by atoms with Gasteiger partial charge in [-0.05, 0) is 41.8 Å². The molecule has 0 unspecified atom stereocenters. The molecule has 0 radical (unpaired) electrons. The highest BCUT2D eigenvalue weighted by atomic mass is 35.5. The minimum atomic E-state index is 0.657. The lowest BCUT2D eigenvalue weighted by molar-refractivity contribution is 0.185. The van der Waals surface area contributed by atoms with E-state index in [1.165, 1.54) is 11.1 Å². The van der Waals surface area contributed by atoms with E-state index in [0.717, 1.165) is 22.8 Å². The molecule has 0 amide bonds. The van der Waals surface area contributed by atoms with Crippen LogP contribution in [0.5, 0.6) is 0 Å². The van der Waals surface area contributed by atoms with Crippen molar-refractivity contribution in [2.75, 3.05) is 12.4 Å². The zero-order valence-electron chi connectivity index (χ0n) is 11.2. The number of nitrogens with one attached hydrogen (secondary N) is 1. The van der Waals surface area contributed by atoms with Gasteiger partial charge < -0.3 is 10.1 Å². The van der Waals surface area contributed by atoms with Crippen molar-refractivity contribution in [3.63, 3.8) is 0 Å². The van der Waals surface area contributed by atoms with Crippen molar-refractivity contribution in [1.82, 2.24) is 0 Å². The number of benzene rings is 2. The zero-order valence-corrected chi connectivity index (χ0v) is 12.0. The third kappa shape index (κ3) is 3.98. The second kappa shape index (κ2) is 6.60. The summed E-state index contributed by atoms with van der Waals surface area (Å²) >= 11 is 5.94. The smallest absolute Gasteiger partial charge is 0.0713 e. The molecule has 19 heavy (non-hydrogen) atoms. The van der Waals surface area contributed by atoms with Crippen LogP contribution in [0.2, 0.25) is 5.02 Å². The maximum atomic E-state index is 5.94. The lowest BCUT2D eigenvalue weighted by atomic mass is 10.1. The first-order chi connectivity index (χ1) is 9.19. The van der Waals surface area contributed by atoms with Crippen molar-refractivity contribution in [2.24, 2.45) is 0 Å². The predicted molar refractivity (Wildman–Crippen MR) is 80.7 cm³/mol. The average molecular weight is 276 g/mol. The summed E-state index contributed by atoms with van der Waals surface area (Å²) in [5.41, 5.74) is 4.71. The van der Waals surface area contributed by atoms with Gasteiger partial charge in [0, 0.05) is 24.4 Å². The molecule has 0 saturated carbocycles. The quantitative estimate of drug-likeness (QED) is 0.873. The van der Waals surface area contributed by atoms with Crippen LogP contribution in [-0.4, -0.2) is 7.11 Å². The number of ether oxygens (including phenoxy) is 1. The molecular formula is C16H18ClNO. The largest absolute Gasteiger partial charge is 0.381 e. The number of aryl methyl sites for hydroxylation is 1. The van der Waals surface area contributed by atoms with E-state index in [1.54, 1.807) is 7.11 Å². The Morgan fingerprint density at radius 1 is 1.05 bits per heavy atom. The molecule has 2 nitrogen and oxygen atoms in total. The first-order valence-electron chi connectivity index (χ1n) is 6.26. The molecule has 100 valence electrons. The molecule has 0 aliphatic rings. The second-order valence-corrected chi connectivity index (χ2v) is 5.00. The van der Waals surface area contributed by atoms with Crippen LogP contribution < -0.4 is 5.32 Å². The van der Waals surface area contributed by atoms with Crippen LogP contribution in [0.4, 0.5) is 5.69 Å². The molecule has 2 aromatic carbocycles. The van der Waals surface area contributed by atoms with Crippen LogP contribution in [0.25, 0.3) is 0 Å². The molecule has 0 saturated heterocycles. The molecule has 0 aliphatic heterocycles. The highest BCUT2D eigenvalue weighted by Gasteiger charge is 1.99. The van der Waals surface area contributed by atoms with Crippen LogP contribution in [-0.2, 0) is 17.9 Å². The van der Waals surface area contributed by atoms with Crippen LogP contribution in [0, 0.1) is 6.92 Å². The summed E-state index contributed by atoms with van der Waals surface area (Å²) in [7, 11) is 1.71. The van der Waals surface area contributed by atoms with Gasteiger partial charge >= 0.3 is 0 Å². The molecule has 2 aromatic rings. The highest BCUT2D eigenvalue weighted by molar-refractivity contribution is 6.30. The minimum absolute atomic E-state index is 0.657. The fourth-order valence-electron chi connectivity index (χ4n) is 1.94. The third-order valence-electron chi connectivity index (χ3n) is 3.01. The normalized spacial score (nSPS) is 10.5. The van der Waals surface area contributed by atoms with Gasteiger partial charge in [0.15, 0.2) is 0 Å².